The molecule has 0 unspecified atom stereocenters. The first-order valence-corrected chi connectivity index (χ1v) is 8.14. The Bertz CT molecular complexity index is 711. The summed E-state index contributed by atoms with van der Waals surface area (Å²) >= 11 is 0. The van der Waals surface area contributed by atoms with Crippen LogP contribution < -0.4 is 10.6 Å². The summed E-state index contributed by atoms with van der Waals surface area (Å²) in [6.07, 6.45) is 7.14. The van der Waals surface area contributed by atoms with Crippen molar-refractivity contribution in [3.63, 3.8) is 0 Å². The van der Waals surface area contributed by atoms with Gasteiger partial charge in [-0.3, -0.25) is 10.3 Å². The number of pyridine rings is 1. The summed E-state index contributed by atoms with van der Waals surface area (Å²) < 4.78 is 0. The zero-order valence-corrected chi connectivity index (χ0v) is 12.8. The third-order valence-electron chi connectivity index (χ3n) is 4.42. The average Bonchev–Trinajstić information content (AvgIpc) is 3.41. The van der Waals surface area contributed by atoms with Gasteiger partial charge in [0.05, 0.1) is 17.4 Å². The number of nitrogens with one attached hydrogen (secondary N) is 2. The molecule has 6 nitrogen and oxygen atoms in total. The van der Waals surface area contributed by atoms with Gasteiger partial charge in [-0.2, -0.15) is 5.10 Å². The Labute approximate surface area is 134 Å². The molecule has 2 aliphatic carbocycles. The number of urea groups is 1. The van der Waals surface area contributed by atoms with Crippen molar-refractivity contribution in [1.29, 1.82) is 0 Å². The van der Waals surface area contributed by atoms with Crippen molar-refractivity contribution < 1.29 is 4.79 Å². The van der Waals surface area contributed by atoms with E-state index in [0.29, 0.717) is 11.7 Å². The zero-order chi connectivity index (χ0) is 15.6. The fourth-order valence-corrected chi connectivity index (χ4v) is 3.07. The summed E-state index contributed by atoms with van der Waals surface area (Å²) in [5, 5.41) is 14.0. The van der Waals surface area contributed by atoms with Crippen molar-refractivity contribution in [1.82, 2.24) is 20.5 Å². The van der Waals surface area contributed by atoms with Crippen molar-refractivity contribution in [2.45, 2.75) is 44.1 Å². The number of aromatic nitrogens is 3. The Balaban J connectivity index is 1.40. The van der Waals surface area contributed by atoms with Crippen LogP contribution in [0.25, 0.3) is 0 Å². The lowest BCUT2D eigenvalue weighted by Gasteiger charge is -2.25. The maximum Gasteiger partial charge on any atom is 0.320 e. The van der Waals surface area contributed by atoms with E-state index in [1.165, 1.54) is 18.4 Å². The molecular weight excluding hydrogens is 290 g/mol. The Morgan fingerprint density at radius 2 is 2.04 bits per heavy atom. The molecule has 0 aromatic carbocycles. The van der Waals surface area contributed by atoms with Crippen LogP contribution in [-0.2, 0) is 6.42 Å². The second-order valence-corrected chi connectivity index (χ2v) is 6.21. The van der Waals surface area contributed by atoms with Crippen molar-refractivity contribution in [2.24, 2.45) is 0 Å². The van der Waals surface area contributed by atoms with Gasteiger partial charge in [-0.25, -0.2) is 4.79 Å². The topological polar surface area (TPSA) is 79.8 Å². The van der Waals surface area contributed by atoms with E-state index in [-0.39, 0.29) is 12.1 Å². The Morgan fingerprint density at radius 1 is 1.13 bits per heavy atom. The highest BCUT2D eigenvalue weighted by Crippen LogP contribution is 2.38. The van der Waals surface area contributed by atoms with Gasteiger partial charge >= 0.3 is 6.03 Å². The minimum atomic E-state index is -0.262. The highest BCUT2D eigenvalue weighted by Gasteiger charge is 2.25. The number of nitrogens with zero attached hydrogens (tertiary/aromatic N) is 3. The third-order valence-corrected chi connectivity index (χ3v) is 4.42. The van der Waals surface area contributed by atoms with Crippen molar-refractivity contribution in [3.8, 4) is 0 Å². The molecule has 0 aliphatic heterocycles. The van der Waals surface area contributed by atoms with Gasteiger partial charge in [0, 0.05) is 12.1 Å². The van der Waals surface area contributed by atoms with Crippen molar-refractivity contribution >= 4 is 11.8 Å². The van der Waals surface area contributed by atoms with E-state index < -0.39 is 0 Å². The smallest absolute Gasteiger partial charge is 0.320 e. The van der Waals surface area contributed by atoms with Crippen LogP contribution in [0.1, 0.15) is 54.6 Å². The van der Waals surface area contributed by atoms with Crippen molar-refractivity contribution in [2.75, 3.05) is 5.32 Å². The van der Waals surface area contributed by atoms with Crippen LogP contribution >= 0.6 is 0 Å². The normalized spacial score (nSPS) is 19.7. The van der Waals surface area contributed by atoms with E-state index in [0.717, 1.165) is 30.7 Å². The lowest BCUT2D eigenvalue weighted by atomic mass is 9.92. The molecule has 0 bridgehead atoms. The number of anilines is 1. The summed E-state index contributed by atoms with van der Waals surface area (Å²) in [5.74, 6) is 1.04. The predicted octanol–water partition coefficient (Wildman–Crippen LogP) is 2.95. The summed E-state index contributed by atoms with van der Waals surface area (Å²) in [5.41, 5.74) is 3.21. The number of carbonyl (C=O) groups excluding carboxylic acids is 1. The molecule has 1 fully saturated rings. The summed E-state index contributed by atoms with van der Waals surface area (Å²) in [6.45, 7) is 0. The van der Waals surface area contributed by atoms with Crippen LogP contribution in [0.2, 0.25) is 0 Å². The lowest BCUT2D eigenvalue weighted by Crippen LogP contribution is -2.35. The molecule has 0 radical (unpaired) electrons. The highest BCUT2D eigenvalue weighted by atomic mass is 16.2. The first kappa shape index (κ1) is 14.1. The first-order valence-electron chi connectivity index (χ1n) is 8.14. The van der Waals surface area contributed by atoms with Crippen LogP contribution in [-0.4, -0.2) is 21.2 Å². The summed E-state index contributed by atoms with van der Waals surface area (Å²) in [6, 6.07) is 7.47. The molecule has 2 aliphatic rings. The largest absolute Gasteiger partial charge is 0.329 e. The van der Waals surface area contributed by atoms with Gasteiger partial charge in [0.25, 0.3) is 0 Å². The molecule has 6 heteroatoms. The molecule has 2 aromatic heterocycles. The number of amides is 2. The highest BCUT2D eigenvalue weighted by molar-refractivity contribution is 5.88. The van der Waals surface area contributed by atoms with Gasteiger partial charge in [0.1, 0.15) is 0 Å². The number of rotatable bonds is 3. The number of hydrogen-bond donors (Lipinski definition) is 2. The number of hydrogen-bond acceptors (Lipinski definition) is 4. The average molecular weight is 309 g/mol. The second kappa shape index (κ2) is 5.95. The SMILES string of the molecule is O=C(Nc1ccc(C2CC2)nn1)N[C@@H]1CCCc2cccnc21. The Morgan fingerprint density at radius 3 is 2.83 bits per heavy atom. The molecule has 2 heterocycles. The molecule has 0 saturated heterocycles. The van der Waals surface area contributed by atoms with Crippen LogP contribution in [0.15, 0.2) is 30.5 Å². The maximum absolute atomic E-state index is 12.2. The molecule has 23 heavy (non-hydrogen) atoms. The standard InChI is InChI=1S/C17H19N5O/c23-17(20-15-9-8-13(21-22-15)11-6-7-11)19-14-5-1-3-12-4-2-10-18-16(12)14/h2,4,8-11,14H,1,3,5-7H2,(H2,19,20,22,23)/t14-/m1/s1. The minimum Gasteiger partial charge on any atom is -0.329 e. The van der Waals surface area contributed by atoms with E-state index >= 15 is 0 Å². The molecule has 2 amide bonds. The molecular formula is C17H19N5O. The van der Waals surface area contributed by atoms with Crippen molar-refractivity contribution in [3.05, 3.63) is 47.4 Å². The maximum atomic E-state index is 12.2. The fourth-order valence-electron chi connectivity index (χ4n) is 3.07. The number of fused-ring (bicyclic) bond motifs is 1. The molecule has 0 spiro atoms. The molecule has 2 aromatic rings. The summed E-state index contributed by atoms with van der Waals surface area (Å²) in [4.78, 5) is 16.6. The predicted molar refractivity (Wildman–Crippen MR) is 86.1 cm³/mol. The molecule has 1 atom stereocenters. The van der Waals surface area contributed by atoms with E-state index in [1.807, 2.05) is 18.2 Å². The van der Waals surface area contributed by atoms with Gasteiger partial charge in [0.15, 0.2) is 5.82 Å². The Kier molecular flexibility index (Phi) is 3.65. The van der Waals surface area contributed by atoms with E-state index in [4.69, 9.17) is 0 Å². The third kappa shape index (κ3) is 3.16. The molecule has 2 N–H and O–H groups in total. The van der Waals surface area contributed by atoms with Crippen LogP contribution in [0, 0.1) is 0 Å². The molecule has 4 rings (SSSR count). The number of carbonyl (C=O) groups is 1. The van der Waals surface area contributed by atoms with Gasteiger partial charge in [-0.1, -0.05) is 6.07 Å². The molecule has 1 saturated carbocycles. The van der Waals surface area contributed by atoms with Gasteiger partial charge in [-0.05, 0) is 55.9 Å². The first-order chi connectivity index (χ1) is 11.3. The van der Waals surface area contributed by atoms with Crippen LogP contribution in [0.5, 0.6) is 0 Å². The second-order valence-electron chi connectivity index (χ2n) is 6.21. The quantitative estimate of drug-likeness (QED) is 0.913. The lowest BCUT2D eigenvalue weighted by molar-refractivity contribution is 0.246. The van der Waals surface area contributed by atoms with Crippen LogP contribution in [0.3, 0.4) is 0 Å². The van der Waals surface area contributed by atoms with Gasteiger partial charge < -0.3 is 5.32 Å². The number of aryl methyl sites for hydroxylation is 1. The van der Waals surface area contributed by atoms with Crippen LogP contribution in [0.4, 0.5) is 10.6 Å². The minimum absolute atomic E-state index is 0.0429. The molecule has 118 valence electrons. The van der Waals surface area contributed by atoms with E-state index in [2.05, 4.69) is 31.9 Å². The van der Waals surface area contributed by atoms with Gasteiger partial charge in [0.2, 0.25) is 0 Å². The fraction of sp³-hybridized carbons (Fsp3) is 0.412. The van der Waals surface area contributed by atoms with E-state index in [9.17, 15) is 4.79 Å². The van der Waals surface area contributed by atoms with Gasteiger partial charge in [-0.15, -0.1) is 5.10 Å². The monoisotopic (exact) mass is 309 g/mol. The summed E-state index contributed by atoms with van der Waals surface area (Å²) in [7, 11) is 0. The van der Waals surface area contributed by atoms with E-state index in [1.54, 1.807) is 6.20 Å². The Hall–Kier alpha value is -2.50. The zero-order valence-electron chi connectivity index (χ0n) is 12.8.